The summed E-state index contributed by atoms with van der Waals surface area (Å²) in [5.41, 5.74) is 7.17. The molecule has 0 spiro atoms. The van der Waals surface area contributed by atoms with Crippen molar-refractivity contribution in [1.29, 1.82) is 0 Å². The topological polar surface area (TPSA) is 84.1 Å². The molecule has 1 aromatic heterocycles. The number of carbonyl (C=O) groups excluding carboxylic acids is 1. The fraction of sp³-hybridized carbons (Fsp3) is 0.667. The van der Waals surface area contributed by atoms with Gasteiger partial charge in [0.2, 0.25) is 5.91 Å². The second-order valence-electron chi connectivity index (χ2n) is 5.57. The predicted octanol–water partition coefficient (Wildman–Crippen LogP) is 0.780. The molecular formula is C15H25N5O. The first-order valence-corrected chi connectivity index (χ1v) is 7.69. The van der Waals surface area contributed by atoms with Crippen LogP contribution < -0.4 is 16.0 Å². The standard InChI is InChI=1S/C15H25N5O/c1-4-6-11-8-18-10(3)19-14(11)20-9-12(16)7-13(20)15(21)17-5-2/h8,12-13H,4-7,9,16H2,1-3H3,(H,17,21)/t12-,13+/m1/s1. The van der Waals surface area contributed by atoms with Gasteiger partial charge in [0.1, 0.15) is 17.7 Å². The van der Waals surface area contributed by atoms with Crippen molar-refractivity contribution in [2.75, 3.05) is 18.0 Å². The van der Waals surface area contributed by atoms with Crippen molar-refractivity contribution in [3.63, 3.8) is 0 Å². The molecule has 1 amide bonds. The molecule has 1 aromatic rings. The van der Waals surface area contributed by atoms with Crippen molar-refractivity contribution in [2.45, 2.75) is 52.1 Å². The maximum absolute atomic E-state index is 12.3. The van der Waals surface area contributed by atoms with Gasteiger partial charge < -0.3 is 16.0 Å². The minimum absolute atomic E-state index is 0.00218. The number of carbonyl (C=O) groups is 1. The molecule has 1 saturated heterocycles. The van der Waals surface area contributed by atoms with Gasteiger partial charge in [0.05, 0.1) is 0 Å². The van der Waals surface area contributed by atoms with Gasteiger partial charge in [0, 0.05) is 30.9 Å². The highest BCUT2D eigenvalue weighted by Crippen LogP contribution is 2.27. The number of nitrogens with two attached hydrogens (primary N) is 1. The van der Waals surface area contributed by atoms with E-state index >= 15 is 0 Å². The summed E-state index contributed by atoms with van der Waals surface area (Å²) in [6.45, 7) is 7.21. The summed E-state index contributed by atoms with van der Waals surface area (Å²) < 4.78 is 0. The normalized spacial score (nSPS) is 21.6. The molecule has 116 valence electrons. The fourth-order valence-electron chi connectivity index (χ4n) is 2.82. The van der Waals surface area contributed by atoms with E-state index < -0.39 is 0 Å². The third kappa shape index (κ3) is 3.50. The summed E-state index contributed by atoms with van der Waals surface area (Å²) in [4.78, 5) is 23.2. The van der Waals surface area contributed by atoms with Crippen LogP contribution in [0.15, 0.2) is 6.20 Å². The molecule has 6 nitrogen and oxygen atoms in total. The maximum atomic E-state index is 12.3. The number of nitrogens with zero attached hydrogens (tertiary/aromatic N) is 3. The molecule has 3 N–H and O–H groups in total. The lowest BCUT2D eigenvalue weighted by molar-refractivity contribution is -0.122. The summed E-state index contributed by atoms with van der Waals surface area (Å²) in [6.07, 6.45) is 4.47. The van der Waals surface area contributed by atoms with Crippen LogP contribution in [0, 0.1) is 6.92 Å². The summed E-state index contributed by atoms with van der Waals surface area (Å²) >= 11 is 0. The highest BCUT2D eigenvalue weighted by molar-refractivity contribution is 5.86. The number of rotatable bonds is 5. The number of hydrogen-bond acceptors (Lipinski definition) is 5. The van der Waals surface area contributed by atoms with Gasteiger partial charge in [0.15, 0.2) is 0 Å². The van der Waals surface area contributed by atoms with Crippen molar-refractivity contribution in [2.24, 2.45) is 5.73 Å². The molecule has 6 heteroatoms. The molecule has 1 aliphatic heterocycles. The Bertz CT molecular complexity index is 505. The monoisotopic (exact) mass is 291 g/mol. The van der Waals surface area contributed by atoms with Crippen LogP contribution in [0.5, 0.6) is 0 Å². The Hall–Kier alpha value is -1.69. The van der Waals surface area contributed by atoms with E-state index in [2.05, 4.69) is 27.1 Å². The lowest BCUT2D eigenvalue weighted by atomic mass is 10.1. The Balaban J connectivity index is 2.33. The van der Waals surface area contributed by atoms with E-state index in [0.29, 0.717) is 19.5 Å². The lowest BCUT2D eigenvalue weighted by Gasteiger charge is -2.26. The van der Waals surface area contributed by atoms with Crippen molar-refractivity contribution in [3.05, 3.63) is 17.6 Å². The van der Waals surface area contributed by atoms with Crippen molar-refractivity contribution >= 4 is 11.7 Å². The first-order chi connectivity index (χ1) is 10.1. The average Bonchev–Trinajstić information content (AvgIpc) is 2.83. The van der Waals surface area contributed by atoms with E-state index in [4.69, 9.17) is 5.73 Å². The molecule has 0 saturated carbocycles. The quantitative estimate of drug-likeness (QED) is 0.837. The molecule has 0 bridgehead atoms. The van der Waals surface area contributed by atoms with E-state index in [9.17, 15) is 4.79 Å². The SMILES string of the molecule is CCCc1cnc(C)nc1N1C[C@H](N)C[C@H]1C(=O)NCC. The molecule has 1 fully saturated rings. The first kappa shape index (κ1) is 15.7. The maximum Gasteiger partial charge on any atom is 0.242 e. The van der Waals surface area contributed by atoms with Crippen molar-refractivity contribution < 1.29 is 4.79 Å². The Kier molecular flexibility index (Phi) is 5.12. The predicted molar refractivity (Wildman–Crippen MR) is 83.2 cm³/mol. The second kappa shape index (κ2) is 6.85. The van der Waals surface area contributed by atoms with Crippen LogP contribution in [0.25, 0.3) is 0 Å². The Morgan fingerprint density at radius 3 is 2.95 bits per heavy atom. The Morgan fingerprint density at radius 2 is 2.29 bits per heavy atom. The number of amides is 1. The molecule has 0 aliphatic carbocycles. The van der Waals surface area contributed by atoms with E-state index in [0.717, 1.165) is 30.0 Å². The van der Waals surface area contributed by atoms with Crippen LogP contribution in [0.4, 0.5) is 5.82 Å². The largest absolute Gasteiger partial charge is 0.355 e. The minimum Gasteiger partial charge on any atom is -0.355 e. The third-order valence-electron chi connectivity index (χ3n) is 3.74. The van der Waals surface area contributed by atoms with Crippen LogP contribution >= 0.6 is 0 Å². The van der Waals surface area contributed by atoms with E-state index in [1.54, 1.807) is 0 Å². The van der Waals surface area contributed by atoms with E-state index in [1.807, 2.05) is 20.0 Å². The van der Waals surface area contributed by atoms with Gasteiger partial charge in [-0.15, -0.1) is 0 Å². The Labute approximate surface area is 126 Å². The number of anilines is 1. The number of hydrogen-bond donors (Lipinski definition) is 2. The zero-order valence-electron chi connectivity index (χ0n) is 13.1. The minimum atomic E-state index is -0.232. The molecule has 2 heterocycles. The summed E-state index contributed by atoms with van der Waals surface area (Å²) in [5.74, 6) is 1.62. The molecule has 0 unspecified atom stereocenters. The molecule has 2 rings (SSSR count). The van der Waals surface area contributed by atoms with Crippen molar-refractivity contribution in [3.8, 4) is 0 Å². The number of aromatic nitrogens is 2. The number of nitrogens with one attached hydrogen (secondary N) is 1. The molecule has 0 radical (unpaired) electrons. The van der Waals surface area contributed by atoms with Gasteiger partial charge in [-0.05, 0) is 26.7 Å². The van der Waals surface area contributed by atoms with E-state index in [1.165, 1.54) is 0 Å². The number of likely N-dealkylation sites (N-methyl/N-ethyl adjacent to an activating group) is 1. The van der Waals surface area contributed by atoms with Gasteiger partial charge >= 0.3 is 0 Å². The highest BCUT2D eigenvalue weighted by Gasteiger charge is 2.36. The van der Waals surface area contributed by atoms with Crippen LogP contribution in [-0.4, -0.2) is 41.0 Å². The molecular weight excluding hydrogens is 266 g/mol. The zero-order valence-corrected chi connectivity index (χ0v) is 13.1. The second-order valence-corrected chi connectivity index (χ2v) is 5.57. The average molecular weight is 291 g/mol. The summed E-state index contributed by atoms with van der Waals surface area (Å²) in [7, 11) is 0. The van der Waals surface area contributed by atoms with Crippen LogP contribution in [0.1, 0.15) is 38.1 Å². The zero-order chi connectivity index (χ0) is 15.4. The van der Waals surface area contributed by atoms with E-state index in [-0.39, 0.29) is 18.0 Å². The molecule has 2 atom stereocenters. The molecule has 1 aliphatic rings. The third-order valence-corrected chi connectivity index (χ3v) is 3.74. The van der Waals surface area contributed by atoms with Gasteiger partial charge in [-0.3, -0.25) is 4.79 Å². The van der Waals surface area contributed by atoms with Crippen LogP contribution in [0.2, 0.25) is 0 Å². The summed E-state index contributed by atoms with van der Waals surface area (Å²) in [6, 6.07) is -0.229. The molecule has 21 heavy (non-hydrogen) atoms. The first-order valence-electron chi connectivity index (χ1n) is 7.69. The van der Waals surface area contributed by atoms with Gasteiger partial charge in [-0.1, -0.05) is 13.3 Å². The summed E-state index contributed by atoms with van der Waals surface area (Å²) in [5, 5.41) is 2.89. The highest BCUT2D eigenvalue weighted by atomic mass is 16.2. The Morgan fingerprint density at radius 1 is 1.52 bits per heavy atom. The van der Waals surface area contributed by atoms with Crippen LogP contribution in [-0.2, 0) is 11.2 Å². The van der Waals surface area contributed by atoms with Gasteiger partial charge in [0.25, 0.3) is 0 Å². The van der Waals surface area contributed by atoms with Gasteiger partial charge in [-0.25, -0.2) is 9.97 Å². The smallest absolute Gasteiger partial charge is 0.242 e. The molecule has 0 aromatic carbocycles. The van der Waals surface area contributed by atoms with Gasteiger partial charge in [-0.2, -0.15) is 0 Å². The number of aryl methyl sites for hydroxylation is 2. The lowest BCUT2D eigenvalue weighted by Crippen LogP contribution is -2.44. The van der Waals surface area contributed by atoms with Crippen molar-refractivity contribution in [1.82, 2.24) is 15.3 Å². The van der Waals surface area contributed by atoms with Crippen LogP contribution in [0.3, 0.4) is 0 Å². The fourth-order valence-corrected chi connectivity index (χ4v) is 2.82.